The van der Waals surface area contributed by atoms with Crippen molar-refractivity contribution in [3.05, 3.63) is 0 Å². The monoisotopic (exact) mass is 233 g/mol. The molecule has 1 aliphatic carbocycles. The number of hydrogen-bond acceptors (Lipinski definition) is 3. The molecule has 5 unspecified atom stereocenters. The van der Waals surface area contributed by atoms with Crippen LogP contribution in [0.3, 0.4) is 0 Å². The normalized spacial score (nSPS) is 43.3. The van der Waals surface area contributed by atoms with Crippen molar-refractivity contribution in [2.45, 2.75) is 50.7 Å². The largest absolute Gasteiger partial charge is 0.322 e. The number of hydrogen-bond donors (Lipinski definition) is 1. The zero-order valence-corrected chi connectivity index (χ0v) is 10.2. The number of rotatable bonds is 2. The van der Waals surface area contributed by atoms with Crippen LogP contribution in [0.4, 0.5) is 0 Å². The third kappa shape index (κ3) is 1.64. The highest BCUT2D eigenvalue weighted by Crippen LogP contribution is 2.48. The number of carbonyl (C=O) groups excluding carboxylic acids is 1. The molecular weight excluding hydrogens is 214 g/mol. The average Bonchev–Trinajstić information content (AvgIpc) is 2.82. The van der Waals surface area contributed by atoms with Crippen LogP contribution in [0.2, 0.25) is 0 Å². The van der Waals surface area contributed by atoms with E-state index >= 15 is 0 Å². The summed E-state index contributed by atoms with van der Waals surface area (Å²) in [5.74, 6) is 1.26. The molecule has 0 bridgehead atoms. The second kappa shape index (κ2) is 3.99. The molecule has 4 heteroatoms. The van der Waals surface area contributed by atoms with Gasteiger partial charge in [-0.1, -0.05) is 13.3 Å². The summed E-state index contributed by atoms with van der Waals surface area (Å²) in [5, 5.41) is 12.4. The molecule has 0 radical (unpaired) electrons. The van der Waals surface area contributed by atoms with Crippen molar-refractivity contribution < 1.29 is 4.79 Å². The van der Waals surface area contributed by atoms with Gasteiger partial charge in [0, 0.05) is 6.04 Å². The van der Waals surface area contributed by atoms with Gasteiger partial charge in [-0.3, -0.25) is 4.79 Å². The van der Waals surface area contributed by atoms with Crippen molar-refractivity contribution >= 4 is 5.91 Å². The molecule has 2 saturated heterocycles. The number of nitrogens with zero attached hydrogens (tertiary/aromatic N) is 2. The first-order valence-electron chi connectivity index (χ1n) is 6.71. The third-order valence-electron chi connectivity index (χ3n) is 4.65. The molecular formula is C13H19N3O. The van der Waals surface area contributed by atoms with Gasteiger partial charge in [-0.2, -0.15) is 5.26 Å². The van der Waals surface area contributed by atoms with E-state index in [-0.39, 0.29) is 18.0 Å². The maximum absolute atomic E-state index is 12.5. The van der Waals surface area contributed by atoms with Crippen molar-refractivity contribution in [1.29, 1.82) is 5.26 Å². The highest BCUT2D eigenvalue weighted by Gasteiger charge is 2.55. The Morgan fingerprint density at radius 2 is 2.35 bits per heavy atom. The highest BCUT2D eigenvalue weighted by atomic mass is 16.2. The Kier molecular flexibility index (Phi) is 2.59. The van der Waals surface area contributed by atoms with Crippen LogP contribution in [0.5, 0.6) is 0 Å². The van der Waals surface area contributed by atoms with Crippen LogP contribution < -0.4 is 5.32 Å². The smallest absolute Gasteiger partial charge is 0.241 e. The van der Waals surface area contributed by atoms with Crippen molar-refractivity contribution in [1.82, 2.24) is 10.2 Å². The molecule has 0 aromatic carbocycles. The number of fused-ring (bicyclic) bond motifs is 1. The van der Waals surface area contributed by atoms with Gasteiger partial charge in [0.15, 0.2) is 0 Å². The molecule has 1 amide bonds. The van der Waals surface area contributed by atoms with E-state index < -0.39 is 0 Å². The summed E-state index contributed by atoms with van der Waals surface area (Å²) in [5.41, 5.74) is 0. The maximum atomic E-state index is 12.5. The van der Waals surface area contributed by atoms with Crippen molar-refractivity contribution in [3.8, 4) is 6.07 Å². The lowest BCUT2D eigenvalue weighted by Crippen LogP contribution is -2.49. The van der Waals surface area contributed by atoms with E-state index in [1.54, 1.807) is 0 Å². The van der Waals surface area contributed by atoms with E-state index in [0.29, 0.717) is 17.9 Å². The van der Waals surface area contributed by atoms with Crippen molar-refractivity contribution in [2.75, 3.05) is 6.54 Å². The zero-order chi connectivity index (χ0) is 12.0. The fraction of sp³-hybridized carbons (Fsp3) is 0.846. The number of carbonyl (C=O) groups is 1. The predicted molar refractivity (Wildman–Crippen MR) is 62.9 cm³/mol. The Hall–Kier alpha value is -1.08. The number of amides is 1. The molecule has 1 saturated carbocycles. The second-order valence-corrected chi connectivity index (χ2v) is 5.58. The van der Waals surface area contributed by atoms with Gasteiger partial charge in [-0.05, 0) is 37.6 Å². The van der Waals surface area contributed by atoms with Gasteiger partial charge in [0.2, 0.25) is 5.91 Å². The molecule has 3 rings (SSSR count). The Labute approximate surface area is 102 Å². The van der Waals surface area contributed by atoms with Gasteiger partial charge in [0.05, 0.1) is 12.1 Å². The summed E-state index contributed by atoms with van der Waals surface area (Å²) in [4.78, 5) is 14.4. The number of nitriles is 1. The number of likely N-dealkylation sites (tertiary alicyclic amines) is 1. The van der Waals surface area contributed by atoms with Gasteiger partial charge >= 0.3 is 0 Å². The second-order valence-electron chi connectivity index (χ2n) is 5.58. The summed E-state index contributed by atoms with van der Waals surface area (Å²) in [6, 6.07) is 2.48. The van der Waals surface area contributed by atoms with Crippen LogP contribution in [-0.4, -0.2) is 35.5 Å². The highest BCUT2D eigenvalue weighted by molar-refractivity contribution is 5.84. The molecule has 92 valence electrons. The van der Waals surface area contributed by atoms with Gasteiger partial charge in [-0.15, -0.1) is 0 Å². The Bertz CT molecular complexity index is 375. The first-order valence-corrected chi connectivity index (χ1v) is 6.71. The quantitative estimate of drug-likeness (QED) is 0.770. The third-order valence-corrected chi connectivity index (χ3v) is 4.65. The lowest BCUT2D eigenvalue weighted by molar-refractivity contribution is -0.135. The minimum Gasteiger partial charge on any atom is -0.322 e. The molecule has 0 aromatic rings. The standard InChI is InChI=1S/C13H19N3O/c1-2-8-3-4-15-12(8)13(17)16-10(7-14)5-9-6-11(9)16/h8-12,15H,2-6H2,1H3. The van der Waals surface area contributed by atoms with E-state index in [0.717, 1.165) is 32.2 Å². The molecule has 3 fully saturated rings. The predicted octanol–water partition coefficient (Wildman–Crippen LogP) is 0.887. The van der Waals surface area contributed by atoms with Crippen LogP contribution >= 0.6 is 0 Å². The number of nitrogens with one attached hydrogen (secondary N) is 1. The molecule has 2 heterocycles. The first-order chi connectivity index (χ1) is 8.26. The van der Waals surface area contributed by atoms with E-state index in [1.807, 2.05) is 4.90 Å². The Balaban J connectivity index is 1.75. The summed E-state index contributed by atoms with van der Waals surface area (Å²) in [6.45, 7) is 3.08. The topological polar surface area (TPSA) is 56.1 Å². The maximum Gasteiger partial charge on any atom is 0.241 e. The number of piperidine rings is 1. The molecule has 3 aliphatic rings. The molecule has 17 heavy (non-hydrogen) atoms. The van der Waals surface area contributed by atoms with Crippen molar-refractivity contribution in [3.63, 3.8) is 0 Å². The lowest BCUT2D eigenvalue weighted by Gasteiger charge is -2.28. The van der Waals surface area contributed by atoms with Crippen molar-refractivity contribution in [2.24, 2.45) is 11.8 Å². The molecule has 1 N–H and O–H groups in total. The van der Waals surface area contributed by atoms with Gasteiger partial charge in [0.1, 0.15) is 6.04 Å². The fourth-order valence-electron chi connectivity index (χ4n) is 3.54. The van der Waals surface area contributed by atoms with Crippen LogP contribution in [0.15, 0.2) is 0 Å². The molecule has 0 spiro atoms. The minimum absolute atomic E-state index is 0.0322. The molecule has 2 aliphatic heterocycles. The van der Waals surface area contributed by atoms with Crippen LogP contribution in [0.25, 0.3) is 0 Å². The van der Waals surface area contributed by atoms with E-state index in [1.165, 1.54) is 0 Å². The molecule has 5 atom stereocenters. The summed E-state index contributed by atoms with van der Waals surface area (Å²) in [7, 11) is 0. The van der Waals surface area contributed by atoms with E-state index in [2.05, 4.69) is 18.3 Å². The SMILES string of the molecule is CCC1CCNC1C(=O)N1C(C#N)CC2CC21. The van der Waals surface area contributed by atoms with Gasteiger partial charge in [-0.25, -0.2) is 0 Å². The zero-order valence-electron chi connectivity index (χ0n) is 10.2. The van der Waals surface area contributed by atoms with Gasteiger partial charge in [0.25, 0.3) is 0 Å². The van der Waals surface area contributed by atoms with Gasteiger partial charge < -0.3 is 10.2 Å². The van der Waals surface area contributed by atoms with Crippen LogP contribution in [0, 0.1) is 23.2 Å². The first kappa shape index (κ1) is 11.0. The Morgan fingerprint density at radius 3 is 3.06 bits per heavy atom. The molecule has 4 nitrogen and oxygen atoms in total. The molecule has 0 aromatic heterocycles. The lowest BCUT2D eigenvalue weighted by atomic mass is 9.96. The fourth-order valence-corrected chi connectivity index (χ4v) is 3.54. The Morgan fingerprint density at radius 1 is 1.53 bits per heavy atom. The summed E-state index contributed by atoms with van der Waals surface area (Å²) < 4.78 is 0. The van der Waals surface area contributed by atoms with E-state index in [9.17, 15) is 4.79 Å². The average molecular weight is 233 g/mol. The summed E-state index contributed by atoms with van der Waals surface area (Å²) >= 11 is 0. The van der Waals surface area contributed by atoms with Crippen LogP contribution in [0.1, 0.15) is 32.6 Å². The minimum atomic E-state index is -0.161. The van der Waals surface area contributed by atoms with E-state index in [4.69, 9.17) is 5.26 Å². The summed E-state index contributed by atoms with van der Waals surface area (Å²) in [6.07, 6.45) is 4.15. The van der Waals surface area contributed by atoms with Crippen LogP contribution in [-0.2, 0) is 4.79 Å².